The number of benzene rings is 1. The molecule has 0 aromatic heterocycles. The van der Waals surface area contributed by atoms with Crippen LogP contribution in [-0.2, 0) is 6.54 Å². The third-order valence-electron chi connectivity index (χ3n) is 1.80. The van der Waals surface area contributed by atoms with Crippen molar-refractivity contribution in [2.75, 3.05) is 13.7 Å². The lowest BCUT2D eigenvalue weighted by Crippen LogP contribution is -2.35. The maximum absolute atomic E-state index is 12.8. The highest BCUT2D eigenvalue weighted by Crippen LogP contribution is 2.09. The smallest absolute Gasteiger partial charge is 0.159 e. The summed E-state index contributed by atoms with van der Waals surface area (Å²) in [5.41, 5.74) is 3.18. The van der Waals surface area contributed by atoms with Crippen LogP contribution in [0.3, 0.4) is 0 Å². The molecule has 0 heterocycles. The lowest BCUT2D eigenvalue weighted by atomic mass is 10.2. The molecule has 0 spiro atoms. The molecule has 0 aliphatic rings. The summed E-state index contributed by atoms with van der Waals surface area (Å²) in [7, 11) is 1.82. The minimum absolute atomic E-state index is 0.485. The van der Waals surface area contributed by atoms with E-state index in [2.05, 4.69) is 5.43 Å². The first kappa shape index (κ1) is 11.0. The van der Waals surface area contributed by atoms with E-state index >= 15 is 0 Å². The summed E-state index contributed by atoms with van der Waals surface area (Å²) < 4.78 is 25.3. The molecule has 0 saturated heterocycles. The summed E-state index contributed by atoms with van der Waals surface area (Å²) in [5, 5.41) is 0. The van der Waals surface area contributed by atoms with Crippen LogP contribution in [0.15, 0.2) is 18.2 Å². The summed E-state index contributed by atoms with van der Waals surface area (Å²) >= 11 is 0. The number of hydrogen-bond acceptors (Lipinski definition) is 3. The summed E-state index contributed by atoms with van der Waals surface area (Å²) in [4.78, 5) is 1.84. The number of rotatable bonds is 4. The lowest BCUT2D eigenvalue weighted by molar-refractivity contribution is 0.301. The minimum atomic E-state index is -0.826. The molecule has 0 aliphatic heterocycles. The van der Waals surface area contributed by atoms with Crippen molar-refractivity contribution in [3.8, 4) is 0 Å². The van der Waals surface area contributed by atoms with Gasteiger partial charge in [-0.25, -0.2) is 14.2 Å². The molecule has 0 aliphatic carbocycles. The Morgan fingerprint density at radius 2 is 2.07 bits per heavy atom. The Bertz CT molecular complexity index is 304. The van der Waals surface area contributed by atoms with Crippen LogP contribution in [0.2, 0.25) is 0 Å². The van der Waals surface area contributed by atoms with Crippen LogP contribution in [-0.4, -0.2) is 18.6 Å². The minimum Gasteiger partial charge on any atom is -0.288 e. The van der Waals surface area contributed by atoms with Gasteiger partial charge in [-0.2, -0.15) is 0 Å². The maximum atomic E-state index is 12.8. The molecule has 0 bridgehead atoms. The average molecular weight is 201 g/mol. The van der Waals surface area contributed by atoms with Gasteiger partial charge >= 0.3 is 0 Å². The SMILES string of the molecule is CN(CNN)Cc1ccc(F)c(F)c1. The molecular weight excluding hydrogens is 188 g/mol. The Morgan fingerprint density at radius 1 is 1.36 bits per heavy atom. The van der Waals surface area contributed by atoms with Gasteiger partial charge in [-0.05, 0) is 24.7 Å². The molecule has 14 heavy (non-hydrogen) atoms. The molecular formula is C9H13F2N3. The van der Waals surface area contributed by atoms with Crippen LogP contribution in [0, 0.1) is 11.6 Å². The van der Waals surface area contributed by atoms with Gasteiger partial charge in [-0.3, -0.25) is 10.7 Å². The van der Waals surface area contributed by atoms with Crippen molar-refractivity contribution in [1.29, 1.82) is 0 Å². The molecule has 78 valence electrons. The van der Waals surface area contributed by atoms with Crippen LogP contribution in [0.25, 0.3) is 0 Å². The van der Waals surface area contributed by atoms with Crippen molar-refractivity contribution in [2.24, 2.45) is 5.84 Å². The highest BCUT2D eigenvalue weighted by molar-refractivity contribution is 5.17. The summed E-state index contributed by atoms with van der Waals surface area (Å²) in [6.07, 6.45) is 0. The first-order valence-electron chi connectivity index (χ1n) is 4.19. The van der Waals surface area contributed by atoms with Crippen molar-refractivity contribution < 1.29 is 8.78 Å². The van der Waals surface area contributed by atoms with Crippen molar-refractivity contribution in [2.45, 2.75) is 6.54 Å². The quantitative estimate of drug-likeness (QED) is 0.430. The predicted molar refractivity (Wildman–Crippen MR) is 50.0 cm³/mol. The predicted octanol–water partition coefficient (Wildman–Crippen LogP) is 0.817. The Kier molecular flexibility index (Phi) is 3.94. The number of hydrogen-bond donors (Lipinski definition) is 2. The van der Waals surface area contributed by atoms with E-state index in [0.717, 1.165) is 6.07 Å². The Balaban J connectivity index is 2.63. The van der Waals surface area contributed by atoms with E-state index in [4.69, 9.17) is 5.84 Å². The molecule has 0 atom stereocenters. The Morgan fingerprint density at radius 3 is 2.64 bits per heavy atom. The van der Waals surface area contributed by atoms with E-state index in [1.807, 2.05) is 11.9 Å². The molecule has 0 fully saturated rings. The topological polar surface area (TPSA) is 41.3 Å². The second kappa shape index (κ2) is 4.99. The van der Waals surface area contributed by atoms with Crippen molar-refractivity contribution in [3.63, 3.8) is 0 Å². The zero-order valence-electron chi connectivity index (χ0n) is 7.93. The normalized spacial score (nSPS) is 10.9. The molecule has 3 N–H and O–H groups in total. The van der Waals surface area contributed by atoms with Gasteiger partial charge in [0.05, 0.1) is 6.67 Å². The van der Waals surface area contributed by atoms with Gasteiger partial charge < -0.3 is 0 Å². The molecule has 1 aromatic carbocycles. The molecule has 3 nitrogen and oxygen atoms in total. The maximum Gasteiger partial charge on any atom is 0.159 e. The van der Waals surface area contributed by atoms with E-state index in [-0.39, 0.29) is 0 Å². The monoisotopic (exact) mass is 201 g/mol. The fraction of sp³-hybridized carbons (Fsp3) is 0.333. The van der Waals surface area contributed by atoms with Crippen LogP contribution in [0.5, 0.6) is 0 Å². The van der Waals surface area contributed by atoms with Crippen LogP contribution < -0.4 is 11.3 Å². The number of nitrogens with two attached hydrogens (primary N) is 1. The molecule has 0 amide bonds. The van der Waals surface area contributed by atoms with Crippen molar-refractivity contribution in [1.82, 2.24) is 10.3 Å². The fourth-order valence-electron chi connectivity index (χ4n) is 1.16. The van der Waals surface area contributed by atoms with E-state index in [1.54, 1.807) is 6.07 Å². The van der Waals surface area contributed by atoms with Gasteiger partial charge in [0.25, 0.3) is 0 Å². The lowest BCUT2D eigenvalue weighted by Gasteiger charge is -2.15. The number of hydrazine groups is 1. The highest BCUT2D eigenvalue weighted by Gasteiger charge is 2.04. The van der Waals surface area contributed by atoms with E-state index in [9.17, 15) is 8.78 Å². The second-order valence-electron chi connectivity index (χ2n) is 3.12. The van der Waals surface area contributed by atoms with E-state index in [0.29, 0.717) is 18.8 Å². The summed E-state index contributed by atoms with van der Waals surface area (Å²) in [5.74, 6) is 3.46. The van der Waals surface area contributed by atoms with Crippen LogP contribution >= 0.6 is 0 Å². The van der Waals surface area contributed by atoms with E-state index < -0.39 is 11.6 Å². The van der Waals surface area contributed by atoms with Gasteiger partial charge in [-0.15, -0.1) is 0 Å². The first-order valence-corrected chi connectivity index (χ1v) is 4.19. The van der Waals surface area contributed by atoms with Crippen molar-refractivity contribution >= 4 is 0 Å². The average Bonchev–Trinajstić information content (AvgIpc) is 2.12. The Hall–Kier alpha value is -1.04. The molecule has 5 heteroatoms. The fourth-order valence-corrected chi connectivity index (χ4v) is 1.16. The molecule has 0 saturated carbocycles. The van der Waals surface area contributed by atoms with Gasteiger partial charge in [0.15, 0.2) is 11.6 Å². The van der Waals surface area contributed by atoms with Crippen LogP contribution in [0.4, 0.5) is 8.78 Å². The zero-order valence-corrected chi connectivity index (χ0v) is 7.93. The van der Waals surface area contributed by atoms with Gasteiger partial charge in [0.1, 0.15) is 0 Å². The van der Waals surface area contributed by atoms with Gasteiger partial charge in [0, 0.05) is 6.54 Å². The number of nitrogens with zero attached hydrogens (tertiary/aromatic N) is 1. The molecule has 0 radical (unpaired) electrons. The largest absolute Gasteiger partial charge is 0.288 e. The molecule has 1 aromatic rings. The number of nitrogens with one attached hydrogen (secondary N) is 1. The van der Waals surface area contributed by atoms with Crippen molar-refractivity contribution in [3.05, 3.63) is 35.4 Å². The highest BCUT2D eigenvalue weighted by atomic mass is 19.2. The van der Waals surface area contributed by atoms with Gasteiger partial charge in [0.2, 0.25) is 0 Å². The zero-order chi connectivity index (χ0) is 10.6. The Labute approximate surface area is 81.5 Å². The van der Waals surface area contributed by atoms with E-state index in [1.165, 1.54) is 6.07 Å². The molecule has 1 rings (SSSR count). The standard InChI is InChI=1S/C9H13F2N3/c1-14(6-13-12)5-7-2-3-8(10)9(11)4-7/h2-4,13H,5-6,12H2,1H3. The molecule has 0 unspecified atom stereocenters. The van der Waals surface area contributed by atoms with Gasteiger partial charge in [-0.1, -0.05) is 6.07 Å². The summed E-state index contributed by atoms with van der Waals surface area (Å²) in [6, 6.07) is 3.85. The first-order chi connectivity index (χ1) is 6.63. The number of halogens is 2. The second-order valence-corrected chi connectivity index (χ2v) is 3.12. The third-order valence-corrected chi connectivity index (χ3v) is 1.80. The van der Waals surface area contributed by atoms with Crippen LogP contribution in [0.1, 0.15) is 5.56 Å². The third kappa shape index (κ3) is 3.02. The summed E-state index contributed by atoms with van der Waals surface area (Å²) in [6.45, 7) is 1.00.